The lowest BCUT2D eigenvalue weighted by Crippen LogP contribution is -2.51. The summed E-state index contributed by atoms with van der Waals surface area (Å²) in [6.45, 7) is 7.29. The van der Waals surface area contributed by atoms with Crippen LogP contribution in [0.3, 0.4) is 0 Å². The van der Waals surface area contributed by atoms with Gasteiger partial charge in [-0.15, -0.1) is 0 Å². The van der Waals surface area contributed by atoms with Crippen molar-refractivity contribution in [3.8, 4) is 0 Å². The minimum Gasteiger partial charge on any atom is -0.350 e. The topological polar surface area (TPSA) is 76.0 Å². The van der Waals surface area contributed by atoms with Gasteiger partial charge in [0.2, 0.25) is 5.91 Å². The maximum absolute atomic E-state index is 11.7. The molecule has 0 bridgehead atoms. The molecule has 0 fully saturated rings. The van der Waals surface area contributed by atoms with Crippen LogP contribution in [-0.4, -0.2) is 33.1 Å². The molecule has 6 heteroatoms. The van der Waals surface area contributed by atoms with Crippen molar-refractivity contribution >= 4 is 11.9 Å². The molecule has 1 heterocycles. The largest absolute Gasteiger partial charge is 0.350 e. The Morgan fingerprint density at radius 3 is 2.47 bits per heavy atom. The summed E-state index contributed by atoms with van der Waals surface area (Å²) < 4.78 is 1.28. The second-order valence-electron chi connectivity index (χ2n) is 4.88. The smallest absolute Gasteiger partial charge is 0.327 e. The number of amides is 2. The van der Waals surface area contributed by atoms with Gasteiger partial charge in [-0.3, -0.25) is 9.36 Å². The molecule has 0 saturated carbocycles. The zero-order valence-corrected chi connectivity index (χ0v) is 10.5. The van der Waals surface area contributed by atoms with Crippen molar-refractivity contribution in [1.82, 2.24) is 20.2 Å². The van der Waals surface area contributed by atoms with Gasteiger partial charge in [-0.1, -0.05) is 0 Å². The Balaban J connectivity index is 2.52. The third kappa shape index (κ3) is 4.26. The molecule has 0 saturated heterocycles. The van der Waals surface area contributed by atoms with Crippen LogP contribution in [0.5, 0.6) is 0 Å². The second kappa shape index (κ2) is 4.99. The maximum atomic E-state index is 11.7. The van der Waals surface area contributed by atoms with Gasteiger partial charge in [0.25, 0.3) is 0 Å². The Kier molecular flexibility index (Phi) is 3.88. The van der Waals surface area contributed by atoms with Gasteiger partial charge in [0, 0.05) is 17.9 Å². The predicted octanol–water partition coefficient (Wildman–Crippen LogP) is 0.744. The molecule has 0 spiro atoms. The van der Waals surface area contributed by atoms with E-state index in [1.807, 2.05) is 20.8 Å². The quantitative estimate of drug-likeness (QED) is 0.798. The van der Waals surface area contributed by atoms with Gasteiger partial charge < -0.3 is 10.6 Å². The molecule has 17 heavy (non-hydrogen) atoms. The molecule has 2 amide bonds. The summed E-state index contributed by atoms with van der Waals surface area (Å²) in [5.74, 6) is -0.217. The van der Waals surface area contributed by atoms with Gasteiger partial charge in [-0.05, 0) is 27.7 Å². The van der Waals surface area contributed by atoms with Crippen LogP contribution in [0.2, 0.25) is 0 Å². The summed E-state index contributed by atoms with van der Waals surface area (Å²) in [5, 5.41) is 5.37. The zero-order valence-electron chi connectivity index (χ0n) is 10.5. The van der Waals surface area contributed by atoms with Crippen LogP contribution in [0.1, 0.15) is 27.7 Å². The lowest BCUT2D eigenvalue weighted by atomic mass is 10.1. The minimum atomic E-state index is -0.593. The summed E-state index contributed by atoms with van der Waals surface area (Å²) in [4.78, 5) is 27.1. The van der Waals surface area contributed by atoms with Gasteiger partial charge in [-0.2, -0.15) is 0 Å². The fourth-order valence-corrected chi connectivity index (χ4v) is 1.18. The van der Waals surface area contributed by atoms with Crippen LogP contribution in [0.15, 0.2) is 18.7 Å². The first-order chi connectivity index (χ1) is 7.79. The van der Waals surface area contributed by atoms with Crippen molar-refractivity contribution in [2.45, 2.75) is 39.3 Å². The molecule has 2 N–H and O–H groups in total. The summed E-state index contributed by atoms with van der Waals surface area (Å²) in [6, 6.07) is -0.969. The Hall–Kier alpha value is -1.85. The van der Waals surface area contributed by atoms with Crippen molar-refractivity contribution in [2.24, 2.45) is 0 Å². The standard InChI is InChI=1S/C11H18N4O2/c1-8(9(16)14-11(2,3)4)13-10(17)15-6-5-12-7-15/h5-8H,1-4H3,(H,13,17)(H,14,16). The number of carbonyl (C=O) groups is 2. The Morgan fingerprint density at radius 2 is 2.00 bits per heavy atom. The molecule has 6 nitrogen and oxygen atoms in total. The fraction of sp³-hybridized carbons (Fsp3) is 0.545. The number of imidazole rings is 1. The number of nitrogens with zero attached hydrogens (tertiary/aromatic N) is 2. The van der Waals surface area contributed by atoms with Crippen molar-refractivity contribution in [2.75, 3.05) is 0 Å². The summed E-state index contributed by atoms with van der Waals surface area (Å²) >= 11 is 0. The molecule has 1 rings (SSSR count). The van der Waals surface area contributed by atoms with Crippen LogP contribution >= 0.6 is 0 Å². The molecule has 0 aliphatic carbocycles. The molecule has 0 aliphatic heterocycles. The molecule has 0 aliphatic rings. The van der Waals surface area contributed by atoms with Crippen LogP contribution in [0.25, 0.3) is 0 Å². The van der Waals surface area contributed by atoms with E-state index in [2.05, 4.69) is 15.6 Å². The van der Waals surface area contributed by atoms with Gasteiger partial charge in [-0.25, -0.2) is 9.78 Å². The minimum absolute atomic E-state index is 0.217. The first kappa shape index (κ1) is 13.2. The van der Waals surface area contributed by atoms with Crippen molar-refractivity contribution in [3.05, 3.63) is 18.7 Å². The first-order valence-electron chi connectivity index (χ1n) is 5.40. The van der Waals surface area contributed by atoms with E-state index >= 15 is 0 Å². The average Bonchev–Trinajstić information content (AvgIpc) is 2.67. The Labute approximate surface area is 100 Å². The van der Waals surface area contributed by atoms with E-state index in [-0.39, 0.29) is 17.5 Å². The summed E-state index contributed by atoms with van der Waals surface area (Å²) in [5.41, 5.74) is -0.314. The van der Waals surface area contributed by atoms with E-state index in [9.17, 15) is 9.59 Å². The molecule has 1 aromatic heterocycles. The van der Waals surface area contributed by atoms with Crippen molar-refractivity contribution in [1.29, 1.82) is 0 Å². The number of hydrogen-bond acceptors (Lipinski definition) is 3. The third-order valence-electron chi connectivity index (χ3n) is 1.97. The van der Waals surface area contributed by atoms with Crippen LogP contribution in [-0.2, 0) is 4.79 Å². The zero-order chi connectivity index (χ0) is 13.1. The van der Waals surface area contributed by atoms with E-state index in [1.165, 1.54) is 23.3 Å². The van der Waals surface area contributed by atoms with Crippen molar-refractivity contribution < 1.29 is 9.59 Å². The lowest BCUT2D eigenvalue weighted by Gasteiger charge is -2.23. The summed E-state index contributed by atoms with van der Waals surface area (Å²) in [6.07, 6.45) is 4.40. The Morgan fingerprint density at radius 1 is 1.35 bits per heavy atom. The average molecular weight is 238 g/mol. The SMILES string of the molecule is CC(NC(=O)n1ccnc1)C(=O)NC(C)(C)C. The number of rotatable bonds is 2. The van der Waals surface area contributed by atoms with E-state index < -0.39 is 6.04 Å². The first-order valence-corrected chi connectivity index (χ1v) is 5.40. The van der Waals surface area contributed by atoms with Gasteiger partial charge in [0.15, 0.2) is 0 Å². The summed E-state index contributed by atoms with van der Waals surface area (Å²) in [7, 11) is 0. The third-order valence-corrected chi connectivity index (χ3v) is 1.97. The molecule has 1 atom stereocenters. The highest BCUT2D eigenvalue weighted by Gasteiger charge is 2.20. The molecule has 1 unspecified atom stereocenters. The molecular weight excluding hydrogens is 220 g/mol. The molecule has 0 radical (unpaired) electrons. The number of nitrogens with one attached hydrogen (secondary N) is 2. The van der Waals surface area contributed by atoms with Gasteiger partial charge in [0.1, 0.15) is 12.4 Å². The number of aromatic nitrogens is 2. The van der Waals surface area contributed by atoms with Crippen LogP contribution < -0.4 is 10.6 Å². The van der Waals surface area contributed by atoms with Crippen molar-refractivity contribution in [3.63, 3.8) is 0 Å². The molecule has 94 valence electrons. The van der Waals surface area contributed by atoms with E-state index in [0.717, 1.165) is 0 Å². The van der Waals surface area contributed by atoms with E-state index in [0.29, 0.717) is 0 Å². The maximum Gasteiger partial charge on any atom is 0.327 e. The number of carbonyl (C=O) groups excluding carboxylic acids is 2. The molecular formula is C11H18N4O2. The van der Waals surface area contributed by atoms with E-state index in [1.54, 1.807) is 6.92 Å². The monoisotopic (exact) mass is 238 g/mol. The van der Waals surface area contributed by atoms with E-state index in [4.69, 9.17) is 0 Å². The lowest BCUT2D eigenvalue weighted by molar-refractivity contribution is -0.123. The molecule has 0 aromatic carbocycles. The second-order valence-corrected chi connectivity index (χ2v) is 4.88. The Bertz CT molecular complexity index is 392. The van der Waals surface area contributed by atoms with Gasteiger partial charge in [0.05, 0.1) is 0 Å². The fourth-order valence-electron chi connectivity index (χ4n) is 1.18. The highest BCUT2D eigenvalue weighted by Crippen LogP contribution is 1.99. The number of hydrogen-bond donors (Lipinski definition) is 2. The predicted molar refractivity (Wildman–Crippen MR) is 63.5 cm³/mol. The highest BCUT2D eigenvalue weighted by molar-refractivity contribution is 5.87. The normalized spacial score (nSPS) is 12.9. The highest BCUT2D eigenvalue weighted by atomic mass is 16.2. The van der Waals surface area contributed by atoms with Crippen LogP contribution in [0.4, 0.5) is 4.79 Å². The van der Waals surface area contributed by atoms with Gasteiger partial charge >= 0.3 is 6.03 Å². The van der Waals surface area contributed by atoms with Crippen LogP contribution in [0, 0.1) is 0 Å². The molecule has 1 aromatic rings.